The van der Waals surface area contributed by atoms with Crippen LogP contribution in [-0.4, -0.2) is 47.1 Å². The van der Waals surface area contributed by atoms with Gasteiger partial charge in [0.15, 0.2) is 6.21 Å². The summed E-state index contributed by atoms with van der Waals surface area (Å²) in [6.45, 7) is 9.05. The van der Waals surface area contributed by atoms with Crippen LogP contribution in [0.5, 0.6) is 0 Å². The highest BCUT2D eigenvalue weighted by Gasteiger charge is 2.63. The van der Waals surface area contributed by atoms with E-state index >= 15 is 0 Å². The van der Waals surface area contributed by atoms with Crippen molar-refractivity contribution >= 4 is 12.2 Å². The molecule has 1 atom stereocenters. The van der Waals surface area contributed by atoms with Gasteiger partial charge in [0.2, 0.25) is 5.79 Å². The first-order chi connectivity index (χ1) is 11.0. The molecule has 132 valence electrons. The fraction of sp³-hybridized carbons (Fsp3) is 0.556. The standard InChI is InChI=1S/C18H25NO5/c1-16(2)17(3,4)24-18(5,23-16)14(15(20)22-6)19(21)12-13-10-8-7-9-11-13/h7-12,14H,1-6H3/b19-12+. The molecule has 0 N–H and O–H groups in total. The largest absolute Gasteiger partial charge is 0.623 e. The monoisotopic (exact) mass is 335 g/mol. The summed E-state index contributed by atoms with van der Waals surface area (Å²) in [6.07, 6.45) is 1.33. The number of carbonyl (C=O) groups excluding carboxylic acids is 1. The van der Waals surface area contributed by atoms with Crippen molar-refractivity contribution in [3.05, 3.63) is 41.1 Å². The van der Waals surface area contributed by atoms with Crippen LogP contribution >= 0.6 is 0 Å². The van der Waals surface area contributed by atoms with Crippen molar-refractivity contribution in [2.45, 2.75) is 57.6 Å². The Hall–Kier alpha value is -1.92. The second kappa shape index (κ2) is 6.18. The van der Waals surface area contributed by atoms with Crippen molar-refractivity contribution in [2.24, 2.45) is 0 Å². The highest BCUT2D eigenvalue weighted by Crippen LogP contribution is 2.45. The summed E-state index contributed by atoms with van der Waals surface area (Å²) in [5.74, 6) is -2.15. The Morgan fingerprint density at radius 3 is 2.08 bits per heavy atom. The van der Waals surface area contributed by atoms with Gasteiger partial charge in [-0.25, -0.2) is 4.79 Å². The summed E-state index contributed by atoms with van der Waals surface area (Å²) < 4.78 is 17.4. The maximum atomic E-state index is 12.7. The highest BCUT2D eigenvalue weighted by atomic mass is 16.8. The molecule has 0 amide bonds. The number of hydrogen-bond acceptors (Lipinski definition) is 5. The molecule has 0 aliphatic carbocycles. The van der Waals surface area contributed by atoms with E-state index in [2.05, 4.69) is 0 Å². The van der Waals surface area contributed by atoms with Crippen molar-refractivity contribution in [1.29, 1.82) is 0 Å². The summed E-state index contributed by atoms with van der Waals surface area (Å²) in [4.78, 5) is 12.3. The number of nitrogens with zero attached hydrogens (tertiary/aromatic N) is 1. The molecule has 2 rings (SSSR count). The van der Waals surface area contributed by atoms with Crippen LogP contribution in [0.3, 0.4) is 0 Å². The highest BCUT2D eigenvalue weighted by molar-refractivity contribution is 5.79. The third-order valence-electron chi connectivity index (χ3n) is 4.62. The van der Waals surface area contributed by atoms with Gasteiger partial charge in [0.1, 0.15) is 0 Å². The van der Waals surface area contributed by atoms with Crippen LogP contribution in [0, 0.1) is 5.21 Å². The summed E-state index contributed by atoms with van der Waals surface area (Å²) in [5.41, 5.74) is -0.690. The van der Waals surface area contributed by atoms with Gasteiger partial charge in [-0.05, 0) is 46.8 Å². The van der Waals surface area contributed by atoms with Gasteiger partial charge in [0.25, 0.3) is 0 Å². The zero-order valence-electron chi connectivity index (χ0n) is 15.0. The fourth-order valence-electron chi connectivity index (χ4n) is 2.81. The SMILES string of the molecule is COC(=O)C(/[N+]([O-])=C\c1ccccc1)C1(C)OC(C)(C)C(C)(C)O1. The summed E-state index contributed by atoms with van der Waals surface area (Å²) in [5, 5.41) is 12.7. The molecule has 6 nitrogen and oxygen atoms in total. The Balaban J connectivity index is 2.43. The molecule has 0 aromatic heterocycles. The molecule has 1 fully saturated rings. The lowest BCUT2D eigenvalue weighted by Gasteiger charge is -2.30. The van der Waals surface area contributed by atoms with Gasteiger partial charge in [-0.15, -0.1) is 0 Å². The Labute approximate surface area is 142 Å². The first-order valence-corrected chi connectivity index (χ1v) is 7.86. The van der Waals surface area contributed by atoms with Crippen LogP contribution in [0.4, 0.5) is 0 Å². The van der Waals surface area contributed by atoms with E-state index in [1.807, 2.05) is 45.9 Å². The molecule has 1 aliphatic rings. The molecule has 1 saturated heterocycles. The molecule has 1 aromatic carbocycles. The molecule has 0 spiro atoms. The van der Waals surface area contributed by atoms with Gasteiger partial charge in [-0.2, -0.15) is 4.74 Å². The molecule has 1 unspecified atom stereocenters. The molecular weight excluding hydrogens is 310 g/mol. The zero-order valence-corrected chi connectivity index (χ0v) is 15.0. The quantitative estimate of drug-likeness (QED) is 0.278. The van der Waals surface area contributed by atoms with E-state index < -0.39 is 29.0 Å². The summed E-state index contributed by atoms with van der Waals surface area (Å²) in [7, 11) is 1.24. The minimum absolute atomic E-state index is 0.540. The molecule has 1 aromatic rings. The first-order valence-electron chi connectivity index (χ1n) is 7.86. The second-order valence-corrected chi connectivity index (χ2v) is 7.07. The van der Waals surface area contributed by atoms with E-state index in [4.69, 9.17) is 14.2 Å². The lowest BCUT2D eigenvalue weighted by atomic mass is 9.90. The van der Waals surface area contributed by atoms with Gasteiger partial charge in [-0.1, -0.05) is 18.2 Å². The molecular formula is C18H25NO5. The smallest absolute Gasteiger partial charge is 0.382 e. The average Bonchev–Trinajstić information content (AvgIpc) is 2.63. The number of esters is 1. The van der Waals surface area contributed by atoms with Crippen molar-refractivity contribution in [1.82, 2.24) is 0 Å². The predicted octanol–water partition coefficient (Wildman–Crippen LogP) is 2.48. The molecule has 24 heavy (non-hydrogen) atoms. The van der Waals surface area contributed by atoms with E-state index in [1.54, 1.807) is 19.1 Å². The number of ether oxygens (including phenoxy) is 3. The van der Waals surface area contributed by atoms with Gasteiger partial charge in [0, 0.05) is 5.56 Å². The van der Waals surface area contributed by atoms with E-state index in [1.165, 1.54) is 13.3 Å². The Kier molecular flexibility index (Phi) is 4.74. The predicted molar refractivity (Wildman–Crippen MR) is 89.8 cm³/mol. The maximum absolute atomic E-state index is 12.7. The molecule has 0 radical (unpaired) electrons. The number of hydrogen-bond donors (Lipinski definition) is 0. The third kappa shape index (κ3) is 3.30. The van der Waals surface area contributed by atoms with Crippen LogP contribution in [-0.2, 0) is 19.0 Å². The van der Waals surface area contributed by atoms with Gasteiger partial charge >= 0.3 is 12.0 Å². The molecule has 1 aliphatic heterocycles. The van der Waals surface area contributed by atoms with Gasteiger partial charge in [0.05, 0.1) is 18.3 Å². The molecule has 1 heterocycles. The number of methoxy groups -OCH3 is 1. The molecule has 0 saturated carbocycles. The number of carbonyl (C=O) groups is 1. The van der Waals surface area contributed by atoms with E-state index in [-0.39, 0.29) is 0 Å². The number of benzene rings is 1. The number of rotatable bonds is 4. The maximum Gasteiger partial charge on any atom is 0.382 e. The van der Waals surface area contributed by atoms with Crippen LogP contribution in [0.15, 0.2) is 30.3 Å². The Bertz CT molecular complexity index is 620. The summed E-state index contributed by atoms with van der Waals surface area (Å²) in [6, 6.07) is 7.72. The van der Waals surface area contributed by atoms with Crippen molar-refractivity contribution < 1.29 is 23.7 Å². The normalized spacial score (nSPS) is 22.8. The molecule has 6 heteroatoms. The van der Waals surface area contributed by atoms with Crippen molar-refractivity contribution in [3.8, 4) is 0 Å². The van der Waals surface area contributed by atoms with Crippen molar-refractivity contribution in [3.63, 3.8) is 0 Å². The number of hydroxylamine groups is 1. The van der Waals surface area contributed by atoms with Crippen molar-refractivity contribution in [2.75, 3.05) is 7.11 Å². The Morgan fingerprint density at radius 2 is 1.62 bits per heavy atom. The fourth-order valence-corrected chi connectivity index (χ4v) is 2.81. The second-order valence-electron chi connectivity index (χ2n) is 7.07. The van der Waals surface area contributed by atoms with E-state index in [0.29, 0.717) is 10.3 Å². The van der Waals surface area contributed by atoms with Crippen LogP contribution in [0.2, 0.25) is 0 Å². The van der Waals surface area contributed by atoms with Crippen LogP contribution in [0.25, 0.3) is 0 Å². The topological polar surface area (TPSA) is 70.8 Å². The van der Waals surface area contributed by atoms with Crippen LogP contribution in [0.1, 0.15) is 40.2 Å². The Morgan fingerprint density at radius 1 is 1.12 bits per heavy atom. The van der Waals surface area contributed by atoms with Gasteiger partial charge in [-0.3, -0.25) is 0 Å². The van der Waals surface area contributed by atoms with Gasteiger partial charge < -0.3 is 19.4 Å². The lowest BCUT2D eigenvalue weighted by Crippen LogP contribution is -2.53. The van der Waals surface area contributed by atoms with Crippen LogP contribution < -0.4 is 0 Å². The average molecular weight is 335 g/mol. The third-order valence-corrected chi connectivity index (χ3v) is 4.62. The minimum atomic E-state index is -1.44. The van der Waals surface area contributed by atoms with E-state index in [0.717, 1.165) is 0 Å². The minimum Gasteiger partial charge on any atom is -0.623 e. The van der Waals surface area contributed by atoms with E-state index in [9.17, 15) is 10.0 Å². The summed E-state index contributed by atoms with van der Waals surface area (Å²) >= 11 is 0. The molecule has 0 bridgehead atoms. The first kappa shape index (κ1) is 18.4. The zero-order chi connectivity index (χ0) is 18.2. The lowest BCUT2D eigenvalue weighted by molar-refractivity contribution is -0.526.